The van der Waals surface area contributed by atoms with E-state index in [4.69, 9.17) is 0 Å². The third-order valence-electron chi connectivity index (χ3n) is 3.02. The highest BCUT2D eigenvalue weighted by Crippen LogP contribution is 2.34. The lowest BCUT2D eigenvalue weighted by molar-refractivity contribution is 0.584. The normalized spacial score (nSPS) is 17.1. The zero-order valence-corrected chi connectivity index (χ0v) is 9.92. The zero-order chi connectivity index (χ0) is 11.5. The molecule has 1 atom stereocenters. The van der Waals surface area contributed by atoms with Gasteiger partial charge in [-0.15, -0.1) is 0 Å². The molecular weight excluding hydrogens is 202 g/mol. The Balaban J connectivity index is 2.02. The van der Waals surface area contributed by atoms with Crippen LogP contribution < -0.4 is 10.9 Å². The molecule has 2 rings (SSSR count). The Morgan fingerprint density at radius 2 is 2.38 bits per heavy atom. The van der Waals surface area contributed by atoms with Crippen molar-refractivity contribution in [2.45, 2.75) is 45.6 Å². The number of hydrogen-bond donors (Lipinski definition) is 2. The first-order valence-corrected chi connectivity index (χ1v) is 6.02. The second kappa shape index (κ2) is 4.68. The summed E-state index contributed by atoms with van der Waals surface area (Å²) in [5, 5.41) is 3.35. The van der Waals surface area contributed by atoms with Crippen LogP contribution in [0.25, 0.3) is 0 Å². The molecule has 1 saturated carbocycles. The quantitative estimate of drug-likeness (QED) is 0.800. The number of nitrogens with one attached hydrogen (secondary N) is 2. The molecule has 0 aromatic carbocycles. The molecule has 4 heteroatoms. The molecule has 0 radical (unpaired) electrons. The molecule has 1 aliphatic carbocycles. The Bertz CT molecular complexity index is 409. The Kier molecular flexibility index (Phi) is 3.27. The van der Waals surface area contributed by atoms with E-state index in [0.29, 0.717) is 17.7 Å². The van der Waals surface area contributed by atoms with Crippen molar-refractivity contribution in [2.75, 3.05) is 5.32 Å². The Hall–Kier alpha value is -1.32. The molecule has 1 heterocycles. The van der Waals surface area contributed by atoms with E-state index in [1.807, 2.05) is 0 Å². The topological polar surface area (TPSA) is 57.8 Å². The van der Waals surface area contributed by atoms with E-state index in [9.17, 15) is 4.79 Å². The van der Waals surface area contributed by atoms with Crippen molar-refractivity contribution >= 4 is 5.82 Å². The van der Waals surface area contributed by atoms with Gasteiger partial charge in [0.1, 0.15) is 11.6 Å². The minimum atomic E-state index is -0.0868. The van der Waals surface area contributed by atoms with Crippen LogP contribution in [0.15, 0.2) is 10.9 Å². The number of nitrogens with zero attached hydrogens (tertiary/aromatic N) is 1. The highest BCUT2D eigenvalue weighted by Gasteiger charge is 2.24. The van der Waals surface area contributed by atoms with Gasteiger partial charge in [-0.3, -0.25) is 4.79 Å². The predicted octanol–water partition coefficient (Wildman–Crippen LogP) is 2.07. The molecule has 2 N–H and O–H groups in total. The Labute approximate surface area is 95.5 Å². The molecule has 0 spiro atoms. The van der Waals surface area contributed by atoms with Crippen molar-refractivity contribution in [1.29, 1.82) is 0 Å². The summed E-state index contributed by atoms with van der Waals surface area (Å²) in [5.41, 5.74) is -0.0868. The van der Waals surface area contributed by atoms with Crippen LogP contribution in [-0.2, 0) is 0 Å². The monoisotopic (exact) mass is 221 g/mol. The number of hydrogen-bond acceptors (Lipinski definition) is 3. The second-order valence-corrected chi connectivity index (χ2v) is 4.64. The van der Waals surface area contributed by atoms with Crippen LogP contribution in [0.4, 0.5) is 5.82 Å². The molecule has 1 fully saturated rings. The fourth-order valence-electron chi connectivity index (χ4n) is 1.95. The van der Waals surface area contributed by atoms with E-state index < -0.39 is 0 Å². The molecule has 0 bridgehead atoms. The van der Waals surface area contributed by atoms with Gasteiger partial charge in [0, 0.05) is 12.1 Å². The summed E-state index contributed by atoms with van der Waals surface area (Å²) < 4.78 is 0. The Morgan fingerprint density at radius 3 is 2.94 bits per heavy atom. The lowest BCUT2D eigenvalue weighted by atomic mass is 10.1. The van der Waals surface area contributed by atoms with Crippen LogP contribution >= 0.6 is 0 Å². The minimum absolute atomic E-state index is 0.0868. The van der Waals surface area contributed by atoms with Crippen LogP contribution in [0.5, 0.6) is 0 Å². The molecule has 0 aliphatic heterocycles. The summed E-state index contributed by atoms with van der Waals surface area (Å²) in [6.45, 7) is 3.97. The van der Waals surface area contributed by atoms with E-state index in [1.54, 1.807) is 6.92 Å². The molecule has 0 saturated heterocycles. The van der Waals surface area contributed by atoms with Gasteiger partial charge in [-0.25, -0.2) is 4.98 Å². The Morgan fingerprint density at radius 1 is 1.62 bits per heavy atom. The number of aromatic amines is 1. The van der Waals surface area contributed by atoms with Gasteiger partial charge < -0.3 is 10.3 Å². The van der Waals surface area contributed by atoms with Crippen molar-refractivity contribution in [3.05, 3.63) is 22.2 Å². The molecule has 16 heavy (non-hydrogen) atoms. The van der Waals surface area contributed by atoms with Gasteiger partial charge in [-0.2, -0.15) is 0 Å². The van der Waals surface area contributed by atoms with Gasteiger partial charge in [0.2, 0.25) is 0 Å². The first-order chi connectivity index (χ1) is 7.67. The lowest BCUT2D eigenvalue weighted by Crippen LogP contribution is -2.22. The summed E-state index contributed by atoms with van der Waals surface area (Å²) in [5.74, 6) is 2.26. The summed E-state index contributed by atoms with van der Waals surface area (Å²) in [6, 6.07) is 1.98. The summed E-state index contributed by atoms with van der Waals surface area (Å²) in [4.78, 5) is 18.2. The van der Waals surface area contributed by atoms with Crippen LogP contribution in [-0.4, -0.2) is 16.0 Å². The van der Waals surface area contributed by atoms with Gasteiger partial charge >= 0.3 is 0 Å². The molecule has 1 aromatic rings. The van der Waals surface area contributed by atoms with E-state index in [0.717, 1.165) is 12.3 Å². The maximum atomic E-state index is 11.3. The van der Waals surface area contributed by atoms with Crippen LogP contribution in [0.2, 0.25) is 0 Å². The predicted molar refractivity (Wildman–Crippen MR) is 64.6 cm³/mol. The van der Waals surface area contributed by atoms with Crippen molar-refractivity contribution in [3.8, 4) is 0 Å². The molecule has 1 aliphatic rings. The average Bonchev–Trinajstić information content (AvgIpc) is 2.99. The van der Waals surface area contributed by atoms with Crippen LogP contribution in [0.3, 0.4) is 0 Å². The van der Waals surface area contributed by atoms with Gasteiger partial charge in [0.15, 0.2) is 0 Å². The summed E-state index contributed by atoms with van der Waals surface area (Å²) in [7, 11) is 0. The molecule has 88 valence electrons. The lowest BCUT2D eigenvalue weighted by Gasteiger charge is -2.17. The number of aromatic nitrogens is 2. The number of rotatable bonds is 5. The van der Waals surface area contributed by atoms with Crippen LogP contribution in [0.1, 0.15) is 38.4 Å². The SMILES string of the molecule is CCC(CC1CC1)Nc1cc(=O)[nH]c(C)n1. The van der Waals surface area contributed by atoms with Crippen molar-refractivity contribution in [1.82, 2.24) is 9.97 Å². The van der Waals surface area contributed by atoms with Gasteiger partial charge in [0.05, 0.1) is 0 Å². The fraction of sp³-hybridized carbons (Fsp3) is 0.667. The number of aryl methyl sites for hydroxylation is 1. The number of H-pyrrole nitrogens is 1. The van der Waals surface area contributed by atoms with Gasteiger partial charge in [-0.1, -0.05) is 19.8 Å². The third-order valence-corrected chi connectivity index (χ3v) is 3.02. The molecule has 4 nitrogen and oxygen atoms in total. The van der Waals surface area contributed by atoms with E-state index in [-0.39, 0.29) is 5.56 Å². The summed E-state index contributed by atoms with van der Waals surface area (Å²) in [6.07, 6.45) is 4.99. The standard InChI is InChI=1S/C12H19N3O/c1-3-10(6-9-4-5-9)15-11-7-12(16)14-8(2)13-11/h7,9-10H,3-6H2,1-2H3,(H2,13,14,15,16). The largest absolute Gasteiger partial charge is 0.367 e. The molecule has 1 unspecified atom stereocenters. The van der Waals surface area contributed by atoms with Crippen molar-refractivity contribution in [3.63, 3.8) is 0 Å². The number of anilines is 1. The van der Waals surface area contributed by atoms with Crippen molar-refractivity contribution < 1.29 is 0 Å². The molecular formula is C12H19N3O. The zero-order valence-electron chi connectivity index (χ0n) is 9.92. The van der Waals surface area contributed by atoms with E-state index in [2.05, 4.69) is 22.2 Å². The first-order valence-electron chi connectivity index (χ1n) is 6.02. The highest BCUT2D eigenvalue weighted by atomic mass is 16.1. The molecule has 0 amide bonds. The fourth-order valence-corrected chi connectivity index (χ4v) is 1.95. The van der Waals surface area contributed by atoms with E-state index in [1.165, 1.54) is 25.3 Å². The first kappa shape index (κ1) is 11.2. The smallest absolute Gasteiger partial charge is 0.252 e. The van der Waals surface area contributed by atoms with Gasteiger partial charge in [-0.05, 0) is 25.7 Å². The van der Waals surface area contributed by atoms with Gasteiger partial charge in [0.25, 0.3) is 5.56 Å². The minimum Gasteiger partial charge on any atom is -0.367 e. The second-order valence-electron chi connectivity index (χ2n) is 4.64. The van der Waals surface area contributed by atoms with E-state index >= 15 is 0 Å². The average molecular weight is 221 g/mol. The van der Waals surface area contributed by atoms with Crippen molar-refractivity contribution in [2.24, 2.45) is 5.92 Å². The maximum Gasteiger partial charge on any atom is 0.252 e. The molecule has 1 aromatic heterocycles. The highest BCUT2D eigenvalue weighted by molar-refractivity contribution is 5.34. The third kappa shape index (κ3) is 3.08. The summed E-state index contributed by atoms with van der Waals surface area (Å²) >= 11 is 0. The maximum absolute atomic E-state index is 11.3. The van der Waals surface area contributed by atoms with Crippen LogP contribution in [0, 0.1) is 12.8 Å².